The van der Waals surface area contributed by atoms with Gasteiger partial charge >= 0.3 is 5.97 Å². The lowest BCUT2D eigenvalue weighted by Crippen LogP contribution is -2.41. The average Bonchev–Trinajstić information content (AvgIpc) is 2.55. The smallest absolute Gasteiger partial charge is 0.308 e. The zero-order valence-electron chi connectivity index (χ0n) is 12.8. The minimum Gasteiger partial charge on any atom is -0.469 e. The SMILES string of the molecule is COC(=O)C1CCN(CC(=O)Nc2ccc(C#N)c(Cl)c2)CC1. The molecule has 0 unspecified atom stereocenters. The van der Waals surface area contributed by atoms with Crippen molar-refractivity contribution in [3.8, 4) is 6.07 Å². The number of carbonyl (C=O) groups is 2. The Morgan fingerprint density at radius 2 is 2.13 bits per heavy atom. The number of piperidine rings is 1. The predicted molar refractivity (Wildman–Crippen MR) is 86.0 cm³/mol. The van der Waals surface area contributed by atoms with Crippen molar-refractivity contribution in [1.82, 2.24) is 4.90 Å². The second kappa shape index (κ2) is 7.95. The Morgan fingerprint density at radius 1 is 1.43 bits per heavy atom. The van der Waals surface area contributed by atoms with E-state index < -0.39 is 0 Å². The maximum Gasteiger partial charge on any atom is 0.308 e. The molecule has 0 aliphatic carbocycles. The van der Waals surface area contributed by atoms with Crippen LogP contribution >= 0.6 is 11.6 Å². The first-order chi connectivity index (χ1) is 11.0. The lowest BCUT2D eigenvalue weighted by Gasteiger charge is -2.29. The van der Waals surface area contributed by atoms with Gasteiger partial charge in [0.1, 0.15) is 6.07 Å². The Morgan fingerprint density at radius 3 is 2.70 bits per heavy atom. The normalized spacial score (nSPS) is 15.7. The summed E-state index contributed by atoms with van der Waals surface area (Å²) in [5.74, 6) is -0.403. The Balaban J connectivity index is 1.83. The molecule has 1 amide bonds. The first-order valence-corrected chi connectivity index (χ1v) is 7.71. The molecule has 1 aliphatic rings. The van der Waals surface area contributed by atoms with Gasteiger partial charge in [-0.2, -0.15) is 5.26 Å². The van der Waals surface area contributed by atoms with Crippen LogP contribution in [-0.2, 0) is 14.3 Å². The molecule has 1 heterocycles. The van der Waals surface area contributed by atoms with Crippen LogP contribution in [0.4, 0.5) is 5.69 Å². The number of carbonyl (C=O) groups excluding carboxylic acids is 2. The largest absolute Gasteiger partial charge is 0.469 e. The average molecular weight is 336 g/mol. The topological polar surface area (TPSA) is 82.4 Å². The van der Waals surface area contributed by atoms with E-state index in [1.807, 2.05) is 11.0 Å². The zero-order chi connectivity index (χ0) is 16.8. The molecule has 0 atom stereocenters. The van der Waals surface area contributed by atoms with Crippen molar-refractivity contribution < 1.29 is 14.3 Å². The van der Waals surface area contributed by atoms with E-state index in [0.717, 1.165) is 0 Å². The number of methoxy groups -OCH3 is 1. The molecule has 6 nitrogen and oxygen atoms in total. The van der Waals surface area contributed by atoms with E-state index >= 15 is 0 Å². The highest BCUT2D eigenvalue weighted by Gasteiger charge is 2.26. The van der Waals surface area contributed by atoms with E-state index in [0.29, 0.717) is 42.2 Å². The highest BCUT2D eigenvalue weighted by atomic mass is 35.5. The molecule has 0 spiro atoms. The summed E-state index contributed by atoms with van der Waals surface area (Å²) in [5.41, 5.74) is 0.929. The van der Waals surface area contributed by atoms with Crippen molar-refractivity contribution in [2.45, 2.75) is 12.8 Å². The van der Waals surface area contributed by atoms with Crippen molar-refractivity contribution in [2.24, 2.45) is 5.92 Å². The van der Waals surface area contributed by atoms with E-state index in [4.69, 9.17) is 21.6 Å². The van der Waals surface area contributed by atoms with E-state index in [1.54, 1.807) is 18.2 Å². The number of amides is 1. The molecular formula is C16H18ClN3O3. The number of hydrogen-bond acceptors (Lipinski definition) is 5. The zero-order valence-corrected chi connectivity index (χ0v) is 13.6. The van der Waals surface area contributed by atoms with Crippen molar-refractivity contribution in [2.75, 3.05) is 32.1 Å². The summed E-state index contributed by atoms with van der Waals surface area (Å²) in [6, 6.07) is 6.74. The van der Waals surface area contributed by atoms with Crippen LogP contribution in [0.3, 0.4) is 0 Å². The van der Waals surface area contributed by atoms with Crippen LogP contribution in [-0.4, -0.2) is 43.5 Å². The fourth-order valence-electron chi connectivity index (χ4n) is 2.58. The number of nitriles is 1. The summed E-state index contributed by atoms with van der Waals surface area (Å²) in [6.45, 7) is 1.62. The summed E-state index contributed by atoms with van der Waals surface area (Å²) in [5, 5.41) is 11.9. The van der Waals surface area contributed by atoms with Crippen molar-refractivity contribution in [3.05, 3.63) is 28.8 Å². The maximum atomic E-state index is 12.1. The molecule has 1 aliphatic heterocycles. The molecule has 1 aromatic carbocycles. The van der Waals surface area contributed by atoms with Crippen LogP contribution in [0.15, 0.2) is 18.2 Å². The monoisotopic (exact) mass is 335 g/mol. The van der Waals surface area contributed by atoms with Crippen LogP contribution in [0, 0.1) is 17.2 Å². The van der Waals surface area contributed by atoms with Crippen LogP contribution in [0.5, 0.6) is 0 Å². The van der Waals surface area contributed by atoms with Gasteiger partial charge in [-0.25, -0.2) is 0 Å². The lowest BCUT2D eigenvalue weighted by molar-refractivity contribution is -0.147. The summed E-state index contributed by atoms with van der Waals surface area (Å²) < 4.78 is 4.74. The lowest BCUT2D eigenvalue weighted by atomic mass is 9.97. The molecule has 0 aromatic heterocycles. The van der Waals surface area contributed by atoms with Gasteiger partial charge in [0.05, 0.1) is 30.2 Å². The Kier molecular flexibility index (Phi) is 5.97. The first kappa shape index (κ1) is 17.3. The van der Waals surface area contributed by atoms with Crippen molar-refractivity contribution >= 4 is 29.2 Å². The second-order valence-electron chi connectivity index (χ2n) is 5.43. The number of anilines is 1. The molecule has 122 valence electrons. The summed E-state index contributed by atoms with van der Waals surface area (Å²) >= 11 is 5.94. The van der Waals surface area contributed by atoms with Crippen LogP contribution in [0.2, 0.25) is 5.02 Å². The second-order valence-corrected chi connectivity index (χ2v) is 5.84. The molecule has 1 N–H and O–H groups in total. The summed E-state index contributed by atoms with van der Waals surface area (Å²) in [6.07, 6.45) is 1.39. The number of hydrogen-bond donors (Lipinski definition) is 1. The first-order valence-electron chi connectivity index (χ1n) is 7.33. The molecule has 1 fully saturated rings. The number of benzene rings is 1. The number of halogens is 1. The van der Waals surface area contributed by atoms with Gasteiger partial charge in [0, 0.05) is 5.69 Å². The summed E-state index contributed by atoms with van der Waals surface area (Å²) in [4.78, 5) is 25.5. The standard InChI is InChI=1S/C16H18ClN3O3/c1-23-16(22)11-4-6-20(7-5-11)10-15(21)19-13-3-2-12(9-18)14(17)8-13/h2-3,8,11H,4-7,10H2,1H3,(H,19,21). The van der Waals surface area contributed by atoms with Crippen molar-refractivity contribution in [3.63, 3.8) is 0 Å². The third kappa shape index (κ3) is 4.68. The number of rotatable bonds is 4. The van der Waals surface area contributed by atoms with Gasteiger partial charge in [0.2, 0.25) is 5.91 Å². The van der Waals surface area contributed by atoms with Crippen LogP contribution in [0.25, 0.3) is 0 Å². The van der Waals surface area contributed by atoms with Crippen molar-refractivity contribution in [1.29, 1.82) is 5.26 Å². The minimum atomic E-state index is -0.179. The number of esters is 1. The number of likely N-dealkylation sites (tertiary alicyclic amines) is 1. The van der Waals surface area contributed by atoms with Gasteiger partial charge in [0.25, 0.3) is 0 Å². The summed E-state index contributed by atoms with van der Waals surface area (Å²) in [7, 11) is 1.39. The molecule has 2 rings (SSSR count). The Labute approximate surface area is 140 Å². The van der Waals surface area contributed by atoms with Gasteiger partial charge < -0.3 is 10.1 Å². The fourth-order valence-corrected chi connectivity index (χ4v) is 2.80. The molecule has 1 saturated heterocycles. The molecule has 0 radical (unpaired) electrons. The van der Waals surface area contributed by atoms with Gasteiger partial charge in [0.15, 0.2) is 0 Å². The third-order valence-corrected chi connectivity index (χ3v) is 4.18. The van der Waals surface area contributed by atoms with Crippen LogP contribution in [0.1, 0.15) is 18.4 Å². The van der Waals surface area contributed by atoms with Gasteiger partial charge in [-0.05, 0) is 44.1 Å². The quantitative estimate of drug-likeness (QED) is 0.851. The highest BCUT2D eigenvalue weighted by molar-refractivity contribution is 6.32. The minimum absolute atomic E-state index is 0.0726. The number of ether oxygens (including phenoxy) is 1. The number of nitrogens with one attached hydrogen (secondary N) is 1. The van der Waals surface area contributed by atoms with E-state index in [-0.39, 0.29) is 24.3 Å². The molecule has 0 bridgehead atoms. The Hall–Kier alpha value is -2.10. The maximum absolute atomic E-state index is 12.1. The molecule has 1 aromatic rings. The van der Waals surface area contributed by atoms with Crippen LogP contribution < -0.4 is 5.32 Å². The van der Waals surface area contributed by atoms with E-state index in [2.05, 4.69) is 5.32 Å². The Bertz CT molecular complexity index is 634. The molecule has 7 heteroatoms. The predicted octanol–water partition coefficient (Wildman–Crippen LogP) is 2.04. The third-order valence-electron chi connectivity index (χ3n) is 3.86. The molecular weight excluding hydrogens is 318 g/mol. The fraction of sp³-hybridized carbons (Fsp3) is 0.438. The molecule has 0 saturated carbocycles. The van der Waals surface area contributed by atoms with E-state index in [9.17, 15) is 9.59 Å². The molecule has 23 heavy (non-hydrogen) atoms. The number of nitrogens with zero attached hydrogens (tertiary/aromatic N) is 2. The highest BCUT2D eigenvalue weighted by Crippen LogP contribution is 2.21. The van der Waals surface area contributed by atoms with Gasteiger partial charge in [-0.1, -0.05) is 11.6 Å². The van der Waals surface area contributed by atoms with Gasteiger partial charge in [-0.3, -0.25) is 14.5 Å². The van der Waals surface area contributed by atoms with E-state index in [1.165, 1.54) is 7.11 Å². The van der Waals surface area contributed by atoms with Gasteiger partial charge in [-0.15, -0.1) is 0 Å².